The molecule has 0 spiro atoms. The first-order valence-corrected chi connectivity index (χ1v) is 5.57. The normalized spacial score (nSPS) is 16.4. The van der Waals surface area contributed by atoms with E-state index in [2.05, 4.69) is 0 Å². The third kappa shape index (κ3) is 2.95. The topological polar surface area (TPSA) is 66.5 Å². The maximum absolute atomic E-state index is 12.5. The maximum atomic E-state index is 12.5. The molecule has 1 aromatic carbocycles. The molecule has 20 heavy (non-hydrogen) atoms. The van der Waals surface area contributed by atoms with Gasteiger partial charge < -0.3 is 0 Å². The molecule has 1 saturated heterocycles. The molecule has 1 heterocycles. The lowest BCUT2D eigenvalue weighted by Gasteiger charge is -2.24. The van der Waals surface area contributed by atoms with Gasteiger partial charge in [-0.25, -0.2) is 4.79 Å². The summed E-state index contributed by atoms with van der Waals surface area (Å²) in [6.07, 6.45) is -5.00. The molecular formula is C12H9F3N2O3. The molecule has 4 amide bonds. The SMILES string of the molecule is O=C1CC(=O)N(Cc2cccc(C(F)(F)F)c2)C(=O)N1. The average Bonchev–Trinajstić information content (AvgIpc) is 2.33. The molecule has 5 nitrogen and oxygen atoms in total. The Morgan fingerprint density at radius 3 is 2.50 bits per heavy atom. The fourth-order valence-electron chi connectivity index (χ4n) is 1.77. The molecule has 0 unspecified atom stereocenters. The lowest BCUT2D eigenvalue weighted by molar-refractivity contribution is -0.137. The molecule has 1 aliphatic heterocycles. The fourth-order valence-corrected chi connectivity index (χ4v) is 1.77. The number of rotatable bonds is 2. The second-order valence-electron chi connectivity index (χ2n) is 4.21. The number of urea groups is 1. The standard InChI is InChI=1S/C12H9F3N2O3/c13-12(14,15)8-3-1-2-7(4-8)6-17-10(19)5-9(18)16-11(17)20/h1-4H,5-6H2,(H,16,18,20). The first-order chi connectivity index (χ1) is 9.27. The number of nitrogens with zero attached hydrogens (tertiary/aromatic N) is 1. The van der Waals surface area contributed by atoms with Crippen molar-refractivity contribution in [1.29, 1.82) is 0 Å². The van der Waals surface area contributed by atoms with Gasteiger partial charge in [-0.3, -0.25) is 19.8 Å². The molecule has 0 aromatic heterocycles. The summed E-state index contributed by atoms with van der Waals surface area (Å²) in [5.74, 6) is -1.46. The minimum absolute atomic E-state index is 0.151. The predicted octanol–water partition coefficient (Wildman–Crippen LogP) is 1.67. The highest BCUT2D eigenvalue weighted by Gasteiger charge is 2.33. The van der Waals surface area contributed by atoms with E-state index in [1.54, 1.807) is 0 Å². The highest BCUT2D eigenvalue weighted by Crippen LogP contribution is 2.29. The second kappa shape index (κ2) is 4.95. The highest BCUT2D eigenvalue weighted by molar-refractivity contribution is 6.13. The van der Waals surface area contributed by atoms with Crippen LogP contribution in [-0.2, 0) is 22.3 Å². The Labute approximate surface area is 111 Å². The van der Waals surface area contributed by atoms with E-state index in [0.717, 1.165) is 12.1 Å². The number of barbiturate groups is 1. The molecule has 1 aliphatic rings. The van der Waals surface area contributed by atoms with Crippen molar-refractivity contribution in [3.05, 3.63) is 35.4 Å². The van der Waals surface area contributed by atoms with Crippen molar-refractivity contribution in [3.8, 4) is 0 Å². The van der Waals surface area contributed by atoms with Crippen LogP contribution in [0.2, 0.25) is 0 Å². The van der Waals surface area contributed by atoms with Crippen LogP contribution in [0.1, 0.15) is 17.5 Å². The monoisotopic (exact) mass is 286 g/mol. The maximum Gasteiger partial charge on any atom is 0.416 e. The number of imide groups is 2. The average molecular weight is 286 g/mol. The van der Waals surface area contributed by atoms with Gasteiger partial charge in [0.25, 0.3) is 0 Å². The third-order valence-electron chi connectivity index (χ3n) is 2.70. The van der Waals surface area contributed by atoms with Crippen LogP contribution in [0.25, 0.3) is 0 Å². The minimum atomic E-state index is -4.50. The Balaban J connectivity index is 2.20. The number of hydrogen-bond acceptors (Lipinski definition) is 3. The summed E-state index contributed by atoms with van der Waals surface area (Å²) < 4.78 is 37.6. The van der Waals surface area contributed by atoms with Gasteiger partial charge in [-0.1, -0.05) is 12.1 Å². The predicted molar refractivity (Wildman–Crippen MR) is 60.1 cm³/mol. The number of carbonyl (C=O) groups excluding carboxylic acids is 3. The van der Waals surface area contributed by atoms with Gasteiger partial charge in [0.05, 0.1) is 12.1 Å². The molecule has 0 saturated carbocycles. The van der Waals surface area contributed by atoms with Crippen molar-refractivity contribution in [3.63, 3.8) is 0 Å². The molecule has 106 valence electrons. The summed E-state index contributed by atoms with van der Waals surface area (Å²) in [6, 6.07) is 3.38. The van der Waals surface area contributed by atoms with Crippen LogP contribution in [0.3, 0.4) is 0 Å². The lowest BCUT2D eigenvalue weighted by atomic mass is 10.1. The van der Waals surface area contributed by atoms with Gasteiger partial charge in [0.1, 0.15) is 6.42 Å². The van der Waals surface area contributed by atoms with E-state index in [1.165, 1.54) is 12.1 Å². The Hall–Kier alpha value is -2.38. The number of alkyl halides is 3. The van der Waals surface area contributed by atoms with Gasteiger partial charge >= 0.3 is 12.2 Å². The summed E-state index contributed by atoms with van der Waals surface area (Å²) in [4.78, 5) is 34.6. The van der Waals surface area contributed by atoms with Gasteiger partial charge in [-0.05, 0) is 17.7 Å². The van der Waals surface area contributed by atoms with Gasteiger partial charge in [0, 0.05) is 0 Å². The highest BCUT2D eigenvalue weighted by atomic mass is 19.4. The van der Waals surface area contributed by atoms with Gasteiger partial charge in [-0.15, -0.1) is 0 Å². The molecule has 2 rings (SSSR count). The zero-order chi connectivity index (χ0) is 14.9. The summed E-state index contributed by atoms with van der Waals surface area (Å²) in [5, 5.41) is 1.93. The van der Waals surface area contributed by atoms with Gasteiger partial charge in [-0.2, -0.15) is 13.2 Å². The van der Waals surface area contributed by atoms with E-state index in [1.807, 2.05) is 5.32 Å². The van der Waals surface area contributed by atoms with Crippen molar-refractivity contribution in [2.24, 2.45) is 0 Å². The zero-order valence-electron chi connectivity index (χ0n) is 10.0. The van der Waals surface area contributed by atoms with Crippen molar-refractivity contribution >= 4 is 17.8 Å². The van der Waals surface area contributed by atoms with Crippen molar-refractivity contribution in [2.75, 3.05) is 0 Å². The van der Waals surface area contributed by atoms with Crippen LogP contribution in [0.15, 0.2) is 24.3 Å². The van der Waals surface area contributed by atoms with E-state index in [0.29, 0.717) is 4.90 Å². The van der Waals surface area contributed by atoms with Crippen molar-refractivity contribution < 1.29 is 27.6 Å². The van der Waals surface area contributed by atoms with Crippen LogP contribution in [-0.4, -0.2) is 22.7 Å². The van der Waals surface area contributed by atoms with Crippen LogP contribution >= 0.6 is 0 Å². The first kappa shape index (κ1) is 14.0. The summed E-state index contributed by atoms with van der Waals surface area (Å²) in [5.41, 5.74) is -0.714. The van der Waals surface area contributed by atoms with Gasteiger partial charge in [0.2, 0.25) is 11.8 Å². The van der Waals surface area contributed by atoms with Gasteiger partial charge in [0.15, 0.2) is 0 Å². The molecule has 1 aromatic rings. The number of amides is 4. The quantitative estimate of drug-likeness (QED) is 0.841. The van der Waals surface area contributed by atoms with Crippen molar-refractivity contribution in [2.45, 2.75) is 19.1 Å². The van der Waals surface area contributed by atoms with Crippen LogP contribution in [0.4, 0.5) is 18.0 Å². The Kier molecular flexibility index (Phi) is 3.47. The largest absolute Gasteiger partial charge is 0.416 e. The van der Waals surface area contributed by atoms with E-state index in [4.69, 9.17) is 0 Å². The number of hydrogen-bond donors (Lipinski definition) is 1. The molecule has 1 N–H and O–H groups in total. The minimum Gasteiger partial charge on any atom is -0.277 e. The van der Waals surface area contributed by atoms with Crippen LogP contribution in [0, 0.1) is 0 Å². The summed E-state index contributed by atoms with van der Waals surface area (Å²) >= 11 is 0. The number of halogens is 3. The van der Waals surface area contributed by atoms with Crippen LogP contribution in [0.5, 0.6) is 0 Å². The molecule has 0 aliphatic carbocycles. The van der Waals surface area contributed by atoms with Crippen molar-refractivity contribution in [1.82, 2.24) is 10.2 Å². The van der Waals surface area contributed by atoms with E-state index in [9.17, 15) is 27.6 Å². The Morgan fingerprint density at radius 2 is 1.90 bits per heavy atom. The fraction of sp³-hybridized carbons (Fsp3) is 0.250. The summed E-state index contributed by atoms with van der Waals surface area (Å²) in [6.45, 7) is -0.318. The molecule has 1 fully saturated rings. The summed E-state index contributed by atoms with van der Waals surface area (Å²) in [7, 11) is 0. The van der Waals surface area contributed by atoms with Crippen LogP contribution < -0.4 is 5.32 Å². The number of nitrogens with one attached hydrogen (secondary N) is 1. The molecule has 0 atom stereocenters. The zero-order valence-corrected chi connectivity index (χ0v) is 10.0. The second-order valence-corrected chi connectivity index (χ2v) is 4.21. The molecular weight excluding hydrogens is 277 g/mol. The lowest BCUT2D eigenvalue weighted by Crippen LogP contribution is -2.52. The number of benzene rings is 1. The molecule has 0 radical (unpaired) electrons. The molecule has 0 bridgehead atoms. The number of carbonyl (C=O) groups is 3. The van der Waals surface area contributed by atoms with E-state index < -0.39 is 36.0 Å². The third-order valence-corrected chi connectivity index (χ3v) is 2.70. The Morgan fingerprint density at radius 1 is 1.20 bits per heavy atom. The molecule has 8 heteroatoms. The first-order valence-electron chi connectivity index (χ1n) is 5.57. The van der Waals surface area contributed by atoms with E-state index in [-0.39, 0.29) is 12.1 Å². The Bertz CT molecular complexity index is 564. The van der Waals surface area contributed by atoms with E-state index >= 15 is 0 Å². The smallest absolute Gasteiger partial charge is 0.277 e.